The van der Waals surface area contributed by atoms with Crippen molar-refractivity contribution in [2.24, 2.45) is 5.92 Å². The molecule has 2 amide bonds. The zero-order chi connectivity index (χ0) is 24.5. The summed E-state index contributed by atoms with van der Waals surface area (Å²) in [5.41, 5.74) is 2.00. The number of amides is 2. The Morgan fingerprint density at radius 3 is 2.82 bits per heavy atom. The van der Waals surface area contributed by atoms with Crippen LogP contribution in [0, 0.1) is 5.92 Å². The maximum Gasteiger partial charge on any atom is 0.305 e. The fourth-order valence-corrected chi connectivity index (χ4v) is 3.96. The first-order chi connectivity index (χ1) is 16.4. The summed E-state index contributed by atoms with van der Waals surface area (Å²) in [6.45, 7) is 3.10. The van der Waals surface area contributed by atoms with E-state index in [0.717, 1.165) is 25.1 Å². The molecule has 0 aliphatic carbocycles. The van der Waals surface area contributed by atoms with E-state index in [-0.39, 0.29) is 31.2 Å². The van der Waals surface area contributed by atoms with Crippen molar-refractivity contribution in [3.63, 3.8) is 0 Å². The lowest BCUT2D eigenvalue weighted by atomic mass is 10.0. The van der Waals surface area contributed by atoms with E-state index in [9.17, 15) is 19.5 Å². The Kier molecular flexibility index (Phi) is 8.92. The number of benzene rings is 1. The molecule has 3 rings (SSSR count). The number of aromatic nitrogens is 1. The Hall–Kier alpha value is -3.53. The highest BCUT2D eigenvalue weighted by Gasteiger charge is 2.36. The molecule has 10 heteroatoms. The highest BCUT2D eigenvalue weighted by atomic mass is 32.1. The van der Waals surface area contributed by atoms with Gasteiger partial charge in [-0.15, -0.1) is 0 Å². The average molecular weight is 484 g/mol. The SMILES string of the molecule is CCCCNC(=S)Nc1cccc(N2CC(C(=O)NC(CC(=O)O)c3cccnc3)CC2=O)c1. The molecule has 0 bridgehead atoms. The van der Waals surface area contributed by atoms with E-state index >= 15 is 0 Å². The van der Waals surface area contributed by atoms with Crippen molar-refractivity contribution in [2.75, 3.05) is 23.3 Å². The summed E-state index contributed by atoms with van der Waals surface area (Å²) in [6, 6.07) is 9.96. The largest absolute Gasteiger partial charge is 0.481 e. The Morgan fingerprint density at radius 1 is 1.29 bits per heavy atom. The number of thiocarbonyl (C=S) groups is 1. The Balaban J connectivity index is 1.64. The second kappa shape index (κ2) is 12.1. The minimum Gasteiger partial charge on any atom is -0.481 e. The number of hydrogen-bond donors (Lipinski definition) is 4. The average Bonchev–Trinajstić information content (AvgIpc) is 3.21. The molecule has 0 saturated carbocycles. The molecule has 2 heterocycles. The van der Waals surface area contributed by atoms with Gasteiger partial charge in [-0.2, -0.15) is 0 Å². The molecule has 0 spiro atoms. The van der Waals surface area contributed by atoms with Crippen molar-refractivity contribution in [1.82, 2.24) is 15.6 Å². The lowest BCUT2D eigenvalue weighted by Crippen LogP contribution is -2.36. The molecular weight excluding hydrogens is 454 g/mol. The fraction of sp³-hybridized carbons (Fsp3) is 0.375. The monoisotopic (exact) mass is 483 g/mol. The number of carbonyl (C=O) groups is 3. The van der Waals surface area contributed by atoms with Crippen LogP contribution in [0.25, 0.3) is 0 Å². The molecule has 180 valence electrons. The summed E-state index contributed by atoms with van der Waals surface area (Å²) < 4.78 is 0. The van der Waals surface area contributed by atoms with Gasteiger partial charge in [-0.1, -0.05) is 25.5 Å². The highest BCUT2D eigenvalue weighted by molar-refractivity contribution is 7.80. The van der Waals surface area contributed by atoms with Gasteiger partial charge in [0.25, 0.3) is 0 Å². The molecule has 4 N–H and O–H groups in total. The molecule has 9 nitrogen and oxygen atoms in total. The van der Waals surface area contributed by atoms with Crippen LogP contribution in [0.2, 0.25) is 0 Å². The lowest BCUT2D eigenvalue weighted by Gasteiger charge is -2.20. The van der Waals surface area contributed by atoms with Gasteiger partial charge < -0.3 is 26.0 Å². The topological polar surface area (TPSA) is 124 Å². The first kappa shape index (κ1) is 25.1. The number of pyridine rings is 1. The Labute approximate surface area is 203 Å². The van der Waals surface area contributed by atoms with Crippen LogP contribution in [-0.2, 0) is 14.4 Å². The number of carbonyl (C=O) groups excluding carboxylic acids is 2. The summed E-state index contributed by atoms with van der Waals surface area (Å²) >= 11 is 5.31. The van der Waals surface area contributed by atoms with Gasteiger partial charge in [-0.05, 0) is 48.5 Å². The second-order valence-electron chi connectivity index (χ2n) is 8.14. The zero-order valence-corrected chi connectivity index (χ0v) is 19.8. The van der Waals surface area contributed by atoms with Crippen molar-refractivity contribution in [3.05, 3.63) is 54.4 Å². The third-order valence-corrected chi connectivity index (χ3v) is 5.76. The Morgan fingerprint density at radius 2 is 2.12 bits per heavy atom. The molecule has 2 atom stereocenters. The smallest absolute Gasteiger partial charge is 0.305 e. The van der Waals surface area contributed by atoms with Gasteiger partial charge in [0.05, 0.1) is 18.4 Å². The van der Waals surface area contributed by atoms with Crippen LogP contribution < -0.4 is 20.9 Å². The minimum absolute atomic E-state index is 0.0489. The van der Waals surface area contributed by atoms with Crippen LogP contribution in [0.1, 0.15) is 44.2 Å². The quantitative estimate of drug-likeness (QED) is 0.300. The molecule has 2 unspecified atom stereocenters. The van der Waals surface area contributed by atoms with E-state index < -0.39 is 17.9 Å². The molecule has 1 aromatic carbocycles. The molecular formula is C24H29N5O4S. The maximum absolute atomic E-state index is 12.9. The van der Waals surface area contributed by atoms with Gasteiger partial charge in [-0.3, -0.25) is 19.4 Å². The van der Waals surface area contributed by atoms with Crippen LogP contribution >= 0.6 is 12.2 Å². The molecule has 1 aliphatic rings. The predicted molar refractivity (Wildman–Crippen MR) is 133 cm³/mol. The first-order valence-corrected chi connectivity index (χ1v) is 11.7. The molecule has 34 heavy (non-hydrogen) atoms. The van der Waals surface area contributed by atoms with Gasteiger partial charge in [0.2, 0.25) is 11.8 Å². The third kappa shape index (κ3) is 6.98. The van der Waals surface area contributed by atoms with Crippen LogP contribution in [0.15, 0.2) is 48.8 Å². The lowest BCUT2D eigenvalue weighted by molar-refractivity contribution is -0.138. The molecule has 0 radical (unpaired) electrons. The van der Waals surface area contributed by atoms with Crippen molar-refractivity contribution in [2.45, 2.75) is 38.6 Å². The van der Waals surface area contributed by atoms with Crippen LogP contribution in [0.3, 0.4) is 0 Å². The number of carboxylic acid groups (broad SMARTS) is 1. The van der Waals surface area contributed by atoms with Crippen LogP contribution in [-0.4, -0.2) is 46.1 Å². The molecule has 1 aliphatic heterocycles. The van der Waals surface area contributed by atoms with E-state index in [1.54, 1.807) is 29.3 Å². The van der Waals surface area contributed by atoms with Crippen LogP contribution in [0.4, 0.5) is 11.4 Å². The van der Waals surface area contributed by atoms with Gasteiger partial charge >= 0.3 is 5.97 Å². The van der Waals surface area contributed by atoms with E-state index in [4.69, 9.17) is 12.2 Å². The number of nitrogens with zero attached hydrogens (tertiary/aromatic N) is 2. The third-order valence-electron chi connectivity index (χ3n) is 5.51. The van der Waals surface area contributed by atoms with Crippen molar-refractivity contribution in [1.29, 1.82) is 0 Å². The maximum atomic E-state index is 12.9. The number of unbranched alkanes of at least 4 members (excludes halogenated alkanes) is 1. The Bertz CT molecular complexity index is 1030. The van der Waals surface area contributed by atoms with E-state index in [1.807, 2.05) is 18.2 Å². The predicted octanol–water partition coefficient (Wildman–Crippen LogP) is 2.85. The summed E-state index contributed by atoms with van der Waals surface area (Å²) in [6.07, 6.45) is 4.96. The normalized spacial score (nSPS) is 16.1. The van der Waals surface area contributed by atoms with Gasteiger partial charge in [-0.25, -0.2) is 0 Å². The van der Waals surface area contributed by atoms with Gasteiger partial charge in [0.1, 0.15) is 0 Å². The standard InChI is InChI=1S/C24H29N5O4S/c1-2-3-10-26-24(34)27-18-7-4-8-19(12-18)29-15-17(11-21(29)30)23(33)28-20(13-22(31)32)16-6-5-9-25-14-16/h4-9,12,14,17,20H,2-3,10-11,13,15H2,1H3,(H,28,33)(H,31,32)(H2,26,27,34). The van der Waals surface area contributed by atoms with Crippen molar-refractivity contribution >= 4 is 46.5 Å². The summed E-state index contributed by atoms with van der Waals surface area (Å²) in [5.74, 6) is -2.16. The van der Waals surface area contributed by atoms with E-state index in [0.29, 0.717) is 16.4 Å². The van der Waals surface area contributed by atoms with Gasteiger partial charge in [0.15, 0.2) is 5.11 Å². The van der Waals surface area contributed by atoms with Crippen molar-refractivity contribution < 1.29 is 19.5 Å². The summed E-state index contributed by atoms with van der Waals surface area (Å²) in [7, 11) is 0. The first-order valence-electron chi connectivity index (χ1n) is 11.2. The highest BCUT2D eigenvalue weighted by Crippen LogP contribution is 2.28. The molecule has 1 aromatic heterocycles. The number of hydrogen-bond acceptors (Lipinski definition) is 5. The number of anilines is 2. The van der Waals surface area contributed by atoms with Crippen LogP contribution in [0.5, 0.6) is 0 Å². The molecule has 1 saturated heterocycles. The number of rotatable bonds is 10. The van der Waals surface area contributed by atoms with Crippen molar-refractivity contribution in [3.8, 4) is 0 Å². The number of nitrogens with one attached hydrogen (secondary N) is 3. The minimum atomic E-state index is -1.04. The van der Waals surface area contributed by atoms with E-state index in [2.05, 4.69) is 27.9 Å². The second-order valence-corrected chi connectivity index (χ2v) is 8.54. The fourth-order valence-electron chi connectivity index (χ4n) is 3.74. The number of aliphatic carboxylic acids is 1. The molecule has 2 aromatic rings. The number of carboxylic acids is 1. The summed E-state index contributed by atoms with van der Waals surface area (Å²) in [5, 5.41) is 18.8. The zero-order valence-electron chi connectivity index (χ0n) is 19.0. The van der Waals surface area contributed by atoms with Gasteiger partial charge in [0, 0.05) is 43.3 Å². The van der Waals surface area contributed by atoms with E-state index in [1.165, 1.54) is 6.20 Å². The molecule has 1 fully saturated rings. The summed E-state index contributed by atoms with van der Waals surface area (Å²) in [4.78, 5) is 42.5.